The van der Waals surface area contributed by atoms with Crippen LogP contribution in [-0.4, -0.2) is 81.8 Å². The van der Waals surface area contributed by atoms with E-state index >= 15 is 0 Å². The van der Waals surface area contributed by atoms with Crippen molar-refractivity contribution >= 4 is 22.3 Å². The second kappa shape index (κ2) is 7.86. The van der Waals surface area contributed by atoms with Crippen LogP contribution < -0.4 is 5.32 Å². The number of thiazole rings is 1. The largest absolute Gasteiger partial charge is 0.391 e. The Kier molecular flexibility index (Phi) is 5.24. The molecule has 8 nitrogen and oxygen atoms in total. The molecule has 3 saturated carbocycles. The third-order valence-electron chi connectivity index (χ3n) is 11.0. The maximum Gasteiger partial charge on any atom is 0.208 e. The van der Waals surface area contributed by atoms with Gasteiger partial charge in [-0.1, -0.05) is 26.8 Å². The van der Waals surface area contributed by atoms with Crippen molar-refractivity contribution in [3.63, 3.8) is 0 Å². The van der Waals surface area contributed by atoms with E-state index in [0.29, 0.717) is 18.4 Å². The third kappa shape index (κ3) is 2.81. The third-order valence-corrected chi connectivity index (χ3v) is 12.1. The Bertz CT molecular complexity index is 1160. The number of fused-ring (bicyclic) bond motifs is 3. The molecular formula is C28H39N3O5S. The molecular weight excluding hydrogens is 490 g/mol. The summed E-state index contributed by atoms with van der Waals surface area (Å²) in [5, 5.41) is 39.9. The molecule has 1 aromatic heterocycles. The van der Waals surface area contributed by atoms with Gasteiger partial charge in [0.2, 0.25) is 5.79 Å². The maximum absolute atomic E-state index is 13.9. The fraction of sp³-hybridized carbons (Fsp3) is 0.786. The molecule has 0 radical (unpaired) electrons. The van der Waals surface area contributed by atoms with Crippen molar-refractivity contribution in [2.24, 2.45) is 28.6 Å². The Morgan fingerprint density at radius 3 is 2.70 bits per heavy atom. The number of anilines is 1. The number of aromatic nitrogens is 1. The first kappa shape index (κ1) is 24.7. The van der Waals surface area contributed by atoms with Gasteiger partial charge in [-0.25, -0.2) is 4.98 Å². The van der Waals surface area contributed by atoms with Gasteiger partial charge in [0, 0.05) is 35.2 Å². The smallest absolute Gasteiger partial charge is 0.208 e. The number of Topliss-reactive ketones (excluding diaryl/α,β-unsaturated/α-hetero) is 1. The summed E-state index contributed by atoms with van der Waals surface area (Å²) in [5.41, 5.74) is -1.49. The minimum atomic E-state index is -2.14. The molecule has 1 aromatic rings. The number of rotatable bonds is 4. The zero-order valence-corrected chi connectivity index (χ0v) is 22.6. The lowest BCUT2D eigenvalue weighted by molar-refractivity contribution is -0.429. The molecule has 3 aliphatic heterocycles. The standard InChI is InChI=1S/C28H39N3O5S/c1-15-16-7-8-18-26-14-36-28(35,27(18,21(15)32)22(16)33)23(34)19(26)25(2,3)13-17-20(26)30-24(37-17)29-9-12-31-10-5-4-6-11-31/h16,18-19,22-23,33-35H,1,4-14H2,2-3H3,(H,29,30)/t16-,18?,19?,22+,23-,26-,27-,28-/m0/s1. The van der Waals surface area contributed by atoms with Gasteiger partial charge < -0.3 is 30.3 Å². The van der Waals surface area contributed by atoms with Crippen molar-refractivity contribution in [3.05, 3.63) is 22.7 Å². The normalized spacial score (nSPS) is 45.9. The number of hydrogen-bond donors (Lipinski definition) is 4. The number of nitrogens with one attached hydrogen (secondary N) is 1. The highest BCUT2D eigenvalue weighted by atomic mass is 32.1. The van der Waals surface area contributed by atoms with Gasteiger partial charge in [-0.05, 0) is 62.1 Å². The molecule has 3 saturated heterocycles. The number of carbonyl (C=O) groups excluding carboxylic acids is 1. The van der Waals surface area contributed by atoms with Crippen LogP contribution in [0.25, 0.3) is 0 Å². The predicted octanol–water partition coefficient (Wildman–Crippen LogP) is 2.08. The quantitative estimate of drug-likeness (QED) is 0.439. The minimum absolute atomic E-state index is 0.183. The topological polar surface area (TPSA) is 115 Å². The second-order valence-corrected chi connectivity index (χ2v) is 14.2. The van der Waals surface area contributed by atoms with Gasteiger partial charge in [-0.3, -0.25) is 4.79 Å². The number of aliphatic hydroxyl groups excluding tert-OH is 2. The molecule has 4 N–H and O–H groups in total. The molecule has 6 fully saturated rings. The number of hydrogen-bond acceptors (Lipinski definition) is 9. The second-order valence-electron chi connectivity index (χ2n) is 13.1. The van der Waals surface area contributed by atoms with Gasteiger partial charge in [0.1, 0.15) is 11.5 Å². The van der Waals surface area contributed by atoms with Crippen LogP contribution in [0.3, 0.4) is 0 Å². The van der Waals surface area contributed by atoms with E-state index in [1.54, 1.807) is 11.3 Å². The minimum Gasteiger partial charge on any atom is -0.391 e. The van der Waals surface area contributed by atoms with Crippen LogP contribution in [0.15, 0.2) is 12.2 Å². The molecule has 2 spiro atoms. The number of carbonyl (C=O) groups is 1. The molecule has 4 aliphatic carbocycles. The summed E-state index contributed by atoms with van der Waals surface area (Å²) in [6, 6.07) is 0. The molecule has 4 bridgehead atoms. The Hall–Kier alpha value is -1.36. The molecule has 202 valence electrons. The summed E-state index contributed by atoms with van der Waals surface area (Å²) in [5.74, 6) is -3.62. The van der Waals surface area contributed by atoms with E-state index in [1.165, 1.54) is 19.3 Å². The Labute approximate surface area is 222 Å². The Morgan fingerprint density at radius 1 is 1.19 bits per heavy atom. The van der Waals surface area contributed by atoms with Crippen molar-refractivity contribution in [3.8, 4) is 0 Å². The first-order valence-corrected chi connectivity index (χ1v) is 14.8. The molecule has 0 amide bonds. The van der Waals surface area contributed by atoms with Gasteiger partial charge in [0.05, 0.1) is 18.4 Å². The molecule has 7 aliphatic rings. The number of likely N-dealkylation sites (tertiary alicyclic amines) is 1. The summed E-state index contributed by atoms with van der Waals surface area (Å²) in [6.07, 6.45) is 3.43. The highest BCUT2D eigenvalue weighted by molar-refractivity contribution is 7.15. The van der Waals surface area contributed by atoms with Gasteiger partial charge in [-0.15, -0.1) is 11.3 Å². The van der Waals surface area contributed by atoms with E-state index in [4.69, 9.17) is 9.72 Å². The number of nitrogens with zero attached hydrogens (tertiary/aromatic N) is 2. The van der Waals surface area contributed by atoms with Crippen LogP contribution in [0.5, 0.6) is 0 Å². The van der Waals surface area contributed by atoms with Gasteiger partial charge in [0.15, 0.2) is 10.9 Å². The SMILES string of the molecule is C=C1C(=O)[C@@]23C(CC[C@@H]1[C@H]2O)[C@@]12CO[C@@]3(O)[C@@H](O)C1C(C)(C)Cc1sc(NCCN3CCCCC3)nc12. The number of ketones is 1. The van der Waals surface area contributed by atoms with Crippen molar-refractivity contribution in [1.82, 2.24) is 9.88 Å². The van der Waals surface area contributed by atoms with Crippen LogP contribution >= 0.6 is 11.3 Å². The van der Waals surface area contributed by atoms with Crippen molar-refractivity contribution in [2.75, 3.05) is 38.1 Å². The lowest BCUT2D eigenvalue weighted by atomic mass is 9.36. The van der Waals surface area contributed by atoms with Crippen LogP contribution in [0.2, 0.25) is 0 Å². The summed E-state index contributed by atoms with van der Waals surface area (Å²) in [7, 11) is 0. The van der Waals surface area contributed by atoms with E-state index < -0.39 is 34.7 Å². The highest BCUT2D eigenvalue weighted by Crippen LogP contribution is 2.75. The molecule has 2 unspecified atom stereocenters. The summed E-state index contributed by atoms with van der Waals surface area (Å²) in [6.45, 7) is 12.6. The van der Waals surface area contributed by atoms with E-state index in [1.807, 2.05) is 0 Å². The molecule has 8 rings (SSSR count). The number of piperidine rings is 1. The van der Waals surface area contributed by atoms with E-state index in [0.717, 1.165) is 48.3 Å². The van der Waals surface area contributed by atoms with Gasteiger partial charge >= 0.3 is 0 Å². The lowest BCUT2D eigenvalue weighted by Gasteiger charge is -2.73. The predicted molar refractivity (Wildman–Crippen MR) is 139 cm³/mol. The van der Waals surface area contributed by atoms with Crippen LogP contribution in [-0.2, 0) is 21.4 Å². The number of ether oxygens (including phenoxy) is 1. The average molecular weight is 530 g/mol. The van der Waals surface area contributed by atoms with Crippen LogP contribution in [0.1, 0.15) is 56.5 Å². The molecule has 37 heavy (non-hydrogen) atoms. The first-order chi connectivity index (χ1) is 17.6. The highest BCUT2D eigenvalue weighted by Gasteiger charge is 2.86. The molecule has 0 aromatic carbocycles. The fourth-order valence-corrected chi connectivity index (χ4v) is 11.0. The Balaban J connectivity index is 1.31. The van der Waals surface area contributed by atoms with Crippen LogP contribution in [0.4, 0.5) is 5.13 Å². The summed E-state index contributed by atoms with van der Waals surface area (Å²) in [4.78, 5) is 22.7. The zero-order chi connectivity index (χ0) is 26.0. The van der Waals surface area contributed by atoms with Crippen molar-refractivity contribution < 1.29 is 24.9 Å². The van der Waals surface area contributed by atoms with E-state index in [2.05, 4.69) is 30.6 Å². The zero-order valence-electron chi connectivity index (χ0n) is 21.8. The Morgan fingerprint density at radius 2 is 1.95 bits per heavy atom. The molecule has 4 heterocycles. The number of aliphatic hydroxyl groups is 3. The van der Waals surface area contributed by atoms with E-state index in [9.17, 15) is 20.1 Å². The monoisotopic (exact) mass is 529 g/mol. The molecule has 8 atom stereocenters. The average Bonchev–Trinajstić information content (AvgIpc) is 3.30. The van der Waals surface area contributed by atoms with Gasteiger partial charge in [-0.2, -0.15) is 0 Å². The summed E-state index contributed by atoms with van der Waals surface area (Å²) >= 11 is 1.66. The van der Waals surface area contributed by atoms with Crippen molar-refractivity contribution in [1.29, 1.82) is 0 Å². The van der Waals surface area contributed by atoms with Gasteiger partial charge in [0.25, 0.3) is 0 Å². The van der Waals surface area contributed by atoms with E-state index in [-0.39, 0.29) is 29.6 Å². The lowest BCUT2D eigenvalue weighted by Crippen LogP contribution is -2.85. The molecule has 9 heteroatoms. The summed E-state index contributed by atoms with van der Waals surface area (Å²) < 4.78 is 6.16. The van der Waals surface area contributed by atoms with Crippen LogP contribution in [0, 0.1) is 28.6 Å². The maximum atomic E-state index is 13.9. The van der Waals surface area contributed by atoms with Crippen molar-refractivity contribution in [2.45, 2.75) is 75.8 Å². The first-order valence-electron chi connectivity index (χ1n) is 14.0. The fourth-order valence-electron chi connectivity index (χ4n) is 9.67.